The molecule has 6 aliphatic rings. The molecule has 48 nitrogen and oxygen atoms in total. The van der Waals surface area contributed by atoms with E-state index < -0.39 is 0 Å². The molecule has 702 valence electrons. The lowest BCUT2D eigenvalue weighted by atomic mass is 10.1. The van der Waals surface area contributed by atoms with Crippen molar-refractivity contribution in [3.63, 3.8) is 0 Å². The van der Waals surface area contributed by atoms with Gasteiger partial charge in [0, 0.05) is 164 Å². The van der Waals surface area contributed by atoms with Crippen molar-refractivity contribution in [2.45, 2.75) is 32.4 Å². The quantitative estimate of drug-likeness (QED) is 0.0293. The molecule has 12 heterocycles. The number of aromatic nitrogens is 18. The maximum absolute atomic E-state index is 5.76. The first kappa shape index (κ1) is 94.0. The Bertz CT molecular complexity index is 5940. The number of likely N-dealkylation sites (N-methyl/N-ethyl adjacent to an activating group) is 1. The Labute approximate surface area is 768 Å². The normalized spacial score (nSPS) is 12.3. The molecular weight excluding hydrogens is 1720 g/mol. The molecule has 13 N–H and O–H groups in total. The summed E-state index contributed by atoms with van der Waals surface area (Å²) in [5.74, 6) is 16.9. The number of nitrogen functional groups attached to an aromatic ring is 5. The van der Waals surface area contributed by atoms with E-state index in [2.05, 4.69) is 106 Å². The van der Waals surface area contributed by atoms with E-state index >= 15 is 0 Å². The number of nitrogens with two attached hydrogens (primary N) is 5. The van der Waals surface area contributed by atoms with E-state index in [0.29, 0.717) is 115 Å². The second-order valence-corrected chi connectivity index (χ2v) is 31.1. The largest absolute Gasteiger partial charge is 0.454 e. The van der Waals surface area contributed by atoms with Gasteiger partial charge in [-0.1, -0.05) is 66.7 Å². The molecule has 6 aromatic carbocycles. The highest BCUT2D eigenvalue weighted by atomic mass is 16.7. The number of anilines is 19. The van der Waals surface area contributed by atoms with Gasteiger partial charge in [-0.3, -0.25) is 0 Å². The van der Waals surface area contributed by atoms with E-state index in [1.165, 1.54) is 0 Å². The fraction of sp³-hybridized carbons (Fsp3) is 0.365. The van der Waals surface area contributed by atoms with Gasteiger partial charge in [-0.05, 0) is 78.4 Å². The summed E-state index contributed by atoms with van der Waals surface area (Å²) in [4.78, 5) is 94.3. The first-order chi connectivity index (χ1) is 63.9. The van der Waals surface area contributed by atoms with Crippen LogP contribution in [-0.2, 0) is 32.4 Å². The van der Waals surface area contributed by atoms with Gasteiger partial charge in [-0.15, -0.1) is 0 Å². The molecule has 6 aliphatic heterocycles. The van der Waals surface area contributed by atoms with Crippen molar-refractivity contribution in [3.05, 3.63) is 137 Å². The maximum atomic E-state index is 5.76. The molecule has 0 bridgehead atoms. The zero-order valence-electron chi connectivity index (χ0n) is 77.1. The predicted octanol–water partition coefficient (Wildman–Crippen LogP) is 5.98. The average Bonchev–Trinajstić information content (AvgIpc) is 1.74. The van der Waals surface area contributed by atoms with E-state index in [4.69, 9.17) is 85.5 Å². The van der Waals surface area contributed by atoms with Crippen molar-refractivity contribution in [1.82, 2.24) is 89.7 Å². The van der Waals surface area contributed by atoms with E-state index in [9.17, 15) is 0 Å². The van der Waals surface area contributed by atoms with Crippen LogP contribution in [0.1, 0.15) is 27.8 Å². The van der Waals surface area contributed by atoms with Gasteiger partial charge in [0.05, 0.1) is 5.69 Å². The molecule has 0 saturated carbocycles. The summed E-state index contributed by atoms with van der Waals surface area (Å²) in [5.41, 5.74) is 34.7. The summed E-state index contributed by atoms with van der Waals surface area (Å²) in [6, 6.07) is 34.9. The van der Waals surface area contributed by atoms with Gasteiger partial charge >= 0.3 is 0 Å². The van der Waals surface area contributed by atoms with Crippen molar-refractivity contribution < 1.29 is 56.8 Å². The minimum Gasteiger partial charge on any atom is -0.454 e. The van der Waals surface area contributed by atoms with Crippen LogP contribution in [0.25, 0.3) is 0 Å². The van der Waals surface area contributed by atoms with Gasteiger partial charge in [-0.2, -0.15) is 89.7 Å². The van der Waals surface area contributed by atoms with Gasteiger partial charge in [-0.25, -0.2) is 0 Å². The molecule has 0 amide bonds. The standard InChI is InChI=1S/C16H22N6O2.C15H20N6O2.2C14H18N6O2.2C13H16N6O2/c1-21(2)15-18-14(19-16(20-15)22(3)4)17-9-8-11-6-5-7-12-13(11)24-10-23-12;1-20(2)14-17-13(16)18-15(19-14)21(3)8-7-10-5-4-6-11-12(10)23-9-22-11;1-19(2)13-16-12(15)17-14(18-13)20(3)7-9-5-4-6-10-11(9)22-8-21-10;1-20(2)14-18-12(15)17-13(19-14)16-7-6-9-4-3-5-10-11(9)22-8-21-10;1-18(2)12-15-11(14)16-13(17-12)19(3)8-5-4-6-9-10(8)21-7-20-9;1-19(2)13-17-11(14)16-12(18-13)15-6-8-4-3-5-9-10(8)21-7-20-9/h5-7H,8-10H2,1-4H3,(H,17,18,19,20);4-6H,7-9H2,1-3H3,(H2,16,17,18,19);4-6H,7-8H2,1-3H3,(H2,15,16,17,18);3-5H,6-8H2,1-2H3,(H3,15,16,17,18,19);4-6H,7H2,1-3H3,(H2,14,15,16,17);3-5H,6-7H2,1-2H3,(H3,14,15,16,17,18). The molecule has 0 unspecified atom stereocenters. The number of ether oxygens (including phenoxy) is 12. The van der Waals surface area contributed by atoms with Crippen LogP contribution in [0.3, 0.4) is 0 Å². The van der Waals surface area contributed by atoms with Crippen molar-refractivity contribution in [2.75, 3.05) is 274 Å². The van der Waals surface area contributed by atoms with Crippen LogP contribution in [0.4, 0.5) is 113 Å². The molecule has 0 atom stereocenters. The third-order valence-corrected chi connectivity index (χ3v) is 19.6. The highest BCUT2D eigenvalue weighted by Crippen LogP contribution is 2.44. The van der Waals surface area contributed by atoms with E-state index in [-0.39, 0.29) is 70.5 Å². The number of benzene rings is 6. The molecule has 0 aliphatic carbocycles. The second kappa shape index (κ2) is 43.5. The van der Waals surface area contributed by atoms with Crippen molar-refractivity contribution in [2.24, 2.45) is 0 Å². The number of fused-ring (bicyclic) bond motifs is 6. The molecule has 6 aromatic heterocycles. The summed E-state index contributed by atoms with van der Waals surface area (Å²) in [6.45, 7) is 4.67. The second-order valence-electron chi connectivity index (χ2n) is 31.1. The van der Waals surface area contributed by atoms with Crippen LogP contribution in [0, 0.1) is 0 Å². The summed E-state index contributed by atoms with van der Waals surface area (Å²) >= 11 is 0. The van der Waals surface area contributed by atoms with Crippen LogP contribution < -0.4 is 150 Å². The Morgan fingerprint density at radius 2 is 0.511 bits per heavy atom. The monoisotopic (exact) mass is 1830 g/mol. The molecule has 48 heteroatoms. The number of nitrogens with zero attached hydrogens (tertiary/aromatic N) is 28. The highest BCUT2D eigenvalue weighted by Gasteiger charge is 2.27. The Kier molecular flexibility index (Phi) is 30.7. The lowest BCUT2D eigenvalue weighted by molar-refractivity contribution is 0.173. The molecule has 0 fully saturated rings. The molecule has 18 rings (SSSR count). The molecule has 0 spiro atoms. The fourth-order valence-corrected chi connectivity index (χ4v) is 13.0. The van der Waals surface area contributed by atoms with Gasteiger partial charge in [0.1, 0.15) is 0 Å². The first-order valence-electron chi connectivity index (χ1n) is 41.6. The van der Waals surface area contributed by atoms with Crippen molar-refractivity contribution in [3.8, 4) is 69.0 Å². The smallest absolute Gasteiger partial charge is 0.236 e. The fourth-order valence-electron chi connectivity index (χ4n) is 13.0. The molecular formula is C85H110N36O12. The lowest BCUT2D eigenvalue weighted by Gasteiger charge is -2.20. The zero-order chi connectivity index (χ0) is 94.5. The summed E-state index contributed by atoms with van der Waals surface area (Å²) in [7, 11) is 31.8. The van der Waals surface area contributed by atoms with Gasteiger partial charge in [0.25, 0.3) is 0 Å². The summed E-state index contributed by atoms with van der Waals surface area (Å²) in [5, 5.41) is 9.54. The molecule has 0 saturated heterocycles. The van der Waals surface area contributed by atoms with Crippen LogP contribution in [-0.4, -0.2) is 270 Å². The van der Waals surface area contributed by atoms with Crippen LogP contribution in [0.5, 0.6) is 69.0 Å². The van der Waals surface area contributed by atoms with E-state index in [1.807, 2.05) is 249 Å². The average molecular weight is 1830 g/mol. The number of nitrogens with one attached hydrogen (secondary N) is 3. The maximum Gasteiger partial charge on any atom is 0.236 e. The van der Waals surface area contributed by atoms with Crippen molar-refractivity contribution in [1.29, 1.82) is 0 Å². The predicted molar refractivity (Wildman–Crippen MR) is 506 cm³/mol. The number of hydrogen-bond acceptors (Lipinski definition) is 48. The number of hydrogen-bond donors (Lipinski definition) is 8. The highest BCUT2D eigenvalue weighted by molar-refractivity contribution is 5.71. The minimum atomic E-state index is 0.167. The third kappa shape index (κ3) is 24.6. The first-order valence-corrected chi connectivity index (χ1v) is 41.6. The van der Waals surface area contributed by atoms with E-state index in [1.54, 1.807) is 29.4 Å². The Morgan fingerprint density at radius 3 is 0.902 bits per heavy atom. The summed E-state index contributed by atoms with van der Waals surface area (Å²) in [6.07, 6.45) is 2.33. The lowest BCUT2D eigenvalue weighted by Crippen LogP contribution is -2.25. The van der Waals surface area contributed by atoms with Crippen LogP contribution in [0.2, 0.25) is 0 Å². The third-order valence-electron chi connectivity index (χ3n) is 19.6. The Balaban J connectivity index is 0.000000136. The molecule has 133 heavy (non-hydrogen) atoms. The zero-order valence-corrected chi connectivity index (χ0v) is 77.1. The molecule has 12 aromatic rings. The Hall–Kier alpha value is -16.6. The Morgan fingerprint density at radius 1 is 0.248 bits per heavy atom. The van der Waals surface area contributed by atoms with Crippen LogP contribution in [0.15, 0.2) is 109 Å². The molecule has 0 radical (unpaired) electrons. The van der Waals surface area contributed by atoms with Gasteiger partial charge < -0.3 is 150 Å². The van der Waals surface area contributed by atoms with Crippen molar-refractivity contribution >= 4 is 113 Å². The number of para-hydroxylation sites is 6. The summed E-state index contributed by atoms with van der Waals surface area (Å²) < 4.78 is 65.3. The SMILES string of the molecule is CN(C)c1nc(N)nc(N(C)CCc2cccc3c2OCO3)n1.CN(C)c1nc(N)nc(N(C)Cc2cccc3c2OCO3)n1.CN(C)c1nc(N)nc(N(C)c2cccc3c2OCO3)n1.CN(C)c1nc(N)nc(NCCc2cccc3c2OCO3)n1.CN(C)c1nc(N)nc(NCc2cccc3c2OCO3)n1.CN(C)c1nc(NCCc2cccc3c2OCO3)nc(N(C)C)n1. The topological polar surface area (TPSA) is 541 Å². The number of rotatable bonds is 27. The van der Waals surface area contributed by atoms with Gasteiger partial charge in [0.2, 0.25) is 148 Å². The minimum absolute atomic E-state index is 0.167. The van der Waals surface area contributed by atoms with E-state index in [0.717, 1.165) is 117 Å². The van der Waals surface area contributed by atoms with Gasteiger partial charge in [0.15, 0.2) is 69.0 Å². The van der Waals surface area contributed by atoms with Crippen LogP contribution >= 0.6 is 0 Å².